The van der Waals surface area contributed by atoms with E-state index >= 15 is 0 Å². The Labute approximate surface area is 129 Å². The molecule has 8 heteroatoms. The number of aromatic nitrogens is 5. The van der Waals surface area contributed by atoms with Crippen LogP contribution in [0.25, 0.3) is 17.2 Å². The Morgan fingerprint density at radius 2 is 2.00 bits per heavy atom. The highest BCUT2D eigenvalue weighted by molar-refractivity contribution is 5.60. The van der Waals surface area contributed by atoms with Crippen LogP contribution in [0.15, 0.2) is 51.9 Å². The molecule has 4 aromatic rings. The Balaban J connectivity index is 1.84. The number of H-pyrrole nitrogens is 1. The number of nitrogens with zero attached hydrogens (tertiary/aromatic N) is 4. The summed E-state index contributed by atoms with van der Waals surface area (Å²) in [6.45, 7) is 0. The van der Waals surface area contributed by atoms with E-state index < -0.39 is 0 Å². The molecule has 0 saturated heterocycles. The molecule has 0 atom stereocenters. The molecule has 0 radical (unpaired) electrons. The highest BCUT2D eigenvalue weighted by Crippen LogP contribution is 2.18. The zero-order valence-electron chi connectivity index (χ0n) is 11.9. The van der Waals surface area contributed by atoms with Gasteiger partial charge in [0.2, 0.25) is 0 Å². The molecule has 8 nitrogen and oxygen atoms in total. The number of hydrogen-bond acceptors (Lipinski definition) is 6. The molecule has 0 spiro atoms. The predicted molar refractivity (Wildman–Crippen MR) is 82.8 cm³/mol. The van der Waals surface area contributed by atoms with Crippen LogP contribution in [-0.4, -0.2) is 24.8 Å². The molecular formula is C15H12N6O2. The summed E-state index contributed by atoms with van der Waals surface area (Å²) in [5.41, 5.74) is 7.16. The number of nitrogens with one attached hydrogen (secondary N) is 1. The summed E-state index contributed by atoms with van der Waals surface area (Å²) in [7, 11) is 0. The van der Waals surface area contributed by atoms with E-state index in [0.29, 0.717) is 23.0 Å². The van der Waals surface area contributed by atoms with Crippen molar-refractivity contribution in [2.45, 2.75) is 6.42 Å². The molecule has 0 fully saturated rings. The first-order valence-corrected chi connectivity index (χ1v) is 6.93. The molecule has 0 saturated carbocycles. The van der Waals surface area contributed by atoms with E-state index in [0.717, 1.165) is 5.56 Å². The summed E-state index contributed by atoms with van der Waals surface area (Å²) >= 11 is 0. The van der Waals surface area contributed by atoms with E-state index in [4.69, 9.17) is 10.2 Å². The maximum Gasteiger partial charge on any atom is 0.274 e. The molecule has 0 bridgehead atoms. The summed E-state index contributed by atoms with van der Waals surface area (Å²) < 4.78 is 6.77. The fourth-order valence-electron chi connectivity index (χ4n) is 2.30. The minimum atomic E-state index is -0.315. The van der Waals surface area contributed by atoms with Crippen molar-refractivity contribution in [2.24, 2.45) is 0 Å². The van der Waals surface area contributed by atoms with Gasteiger partial charge >= 0.3 is 0 Å². The van der Waals surface area contributed by atoms with Gasteiger partial charge in [-0.3, -0.25) is 9.78 Å². The van der Waals surface area contributed by atoms with Crippen molar-refractivity contribution in [1.29, 1.82) is 0 Å². The van der Waals surface area contributed by atoms with Gasteiger partial charge in [0.15, 0.2) is 5.82 Å². The maximum atomic E-state index is 12.1. The predicted octanol–water partition coefficient (Wildman–Crippen LogP) is 1.25. The summed E-state index contributed by atoms with van der Waals surface area (Å²) in [4.78, 5) is 14.8. The van der Waals surface area contributed by atoms with Crippen LogP contribution in [0.3, 0.4) is 0 Å². The van der Waals surface area contributed by atoms with Crippen molar-refractivity contribution in [3.63, 3.8) is 0 Å². The molecule has 0 amide bonds. The van der Waals surface area contributed by atoms with Gasteiger partial charge in [0.05, 0.1) is 12.7 Å². The number of rotatable bonds is 3. The highest BCUT2D eigenvalue weighted by Gasteiger charge is 2.14. The second kappa shape index (κ2) is 5.09. The monoisotopic (exact) mass is 308 g/mol. The zero-order chi connectivity index (χ0) is 15.8. The first-order valence-electron chi connectivity index (χ1n) is 6.93. The van der Waals surface area contributed by atoms with Gasteiger partial charge in [0.25, 0.3) is 11.3 Å². The van der Waals surface area contributed by atoms with Gasteiger partial charge in [-0.25, -0.2) is 0 Å². The van der Waals surface area contributed by atoms with Crippen molar-refractivity contribution in [3.8, 4) is 11.4 Å². The molecule has 1 aromatic carbocycles. The Bertz CT molecular complexity index is 1010. The molecule has 3 aromatic heterocycles. The second-order valence-corrected chi connectivity index (χ2v) is 5.04. The summed E-state index contributed by atoms with van der Waals surface area (Å²) in [6.07, 6.45) is 1.85. The van der Waals surface area contributed by atoms with Crippen LogP contribution in [0, 0.1) is 0 Å². The first-order chi connectivity index (χ1) is 11.2. The SMILES string of the molecule is Nc1ccc(-c2nnc3[nH]c(=O)c(Cc4ccco4)nn23)cc1. The van der Waals surface area contributed by atoms with E-state index in [1.807, 2.05) is 12.1 Å². The minimum absolute atomic E-state index is 0.282. The number of furan rings is 1. The highest BCUT2D eigenvalue weighted by atomic mass is 16.3. The van der Waals surface area contributed by atoms with Crippen molar-refractivity contribution in [2.75, 3.05) is 5.73 Å². The normalized spacial score (nSPS) is 11.1. The number of hydrogen-bond donors (Lipinski definition) is 2. The smallest absolute Gasteiger partial charge is 0.274 e. The molecule has 4 rings (SSSR count). The Hall–Kier alpha value is -3.42. The van der Waals surface area contributed by atoms with Crippen LogP contribution in [0.2, 0.25) is 0 Å². The van der Waals surface area contributed by atoms with Gasteiger partial charge in [-0.1, -0.05) is 0 Å². The average Bonchev–Trinajstić information content (AvgIpc) is 3.18. The van der Waals surface area contributed by atoms with Crippen molar-refractivity contribution in [1.82, 2.24) is 24.8 Å². The van der Waals surface area contributed by atoms with Crippen molar-refractivity contribution in [3.05, 3.63) is 64.5 Å². The van der Waals surface area contributed by atoms with Crippen molar-refractivity contribution >= 4 is 11.5 Å². The lowest BCUT2D eigenvalue weighted by atomic mass is 10.2. The number of anilines is 1. The molecule has 114 valence electrons. The van der Waals surface area contributed by atoms with E-state index in [1.54, 1.807) is 30.5 Å². The molecule has 0 aliphatic carbocycles. The van der Waals surface area contributed by atoms with Gasteiger partial charge in [0, 0.05) is 11.3 Å². The van der Waals surface area contributed by atoms with Crippen LogP contribution in [0.5, 0.6) is 0 Å². The van der Waals surface area contributed by atoms with Gasteiger partial charge in [-0.05, 0) is 36.4 Å². The molecular weight excluding hydrogens is 296 g/mol. The summed E-state index contributed by atoms with van der Waals surface area (Å²) in [5.74, 6) is 1.46. The molecule has 23 heavy (non-hydrogen) atoms. The standard InChI is InChI=1S/C15H12N6O2/c16-10-5-3-9(4-6-10)13-18-19-15-17-14(22)12(20-21(13)15)8-11-2-1-7-23-11/h1-7H,8,16H2,(H,17,19,22). The quantitative estimate of drug-likeness (QED) is 0.550. The zero-order valence-corrected chi connectivity index (χ0v) is 11.9. The number of benzene rings is 1. The van der Waals surface area contributed by atoms with E-state index in [2.05, 4.69) is 20.3 Å². The largest absolute Gasteiger partial charge is 0.469 e. The first kappa shape index (κ1) is 13.3. The topological polar surface area (TPSA) is 115 Å². The van der Waals surface area contributed by atoms with Gasteiger partial charge in [-0.15, -0.1) is 10.2 Å². The third-order valence-corrected chi connectivity index (χ3v) is 3.44. The maximum absolute atomic E-state index is 12.1. The van der Waals surface area contributed by atoms with Gasteiger partial charge < -0.3 is 10.2 Å². The third kappa shape index (κ3) is 2.35. The fraction of sp³-hybridized carbons (Fsp3) is 0.0667. The average molecular weight is 308 g/mol. The lowest BCUT2D eigenvalue weighted by molar-refractivity contribution is 0.517. The van der Waals surface area contributed by atoms with Crippen LogP contribution >= 0.6 is 0 Å². The van der Waals surface area contributed by atoms with E-state index in [9.17, 15) is 4.79 Å². The van der Waals surface area contributed by atoms with Crippen LogP contribution < -0.4 is 11.3 Å². The van der Waals surface area contributed by atoms with Crippen molar-refractivity contribution < 1.29 is 4.42 Å². The van der Waals surface area contributed by atoms with E-state index in [-0.39, 0.29) is 17.8 Å². The Kier molecular flexibility index (Phi) is 2.94. The lowest BCUT2D eigenvalue weighted by Gasteiger charge is -2.02. The molecule has 0 unspecified atom stereocenters. The number of aromatic amines is 1. The Morgan fingerprint density at radius 3 is 2.74 bits per heavy atom. The minimum Gasteiger partial charge on any atom is -0.469 e. The summed E-state index contributed by atoms with van der Waals surface area (Å²) in [5, 5.41) is 12.4. The van der Waals surface area contributed by atoms with Gasteiger partial charge in [-0.2, -0.15) is 9.61 Å². The van der Waals surface area contributed by atoms with Gasteiger partial charge in [0.1, 0.15) is 11.5 Å². The number of fused-ring (bicyclic) bond motifs is 1. The Morgan fingerprint density at radius 1 is 1.17 bits per heavy atom. The molecule has 0 aliphatic heterocycles. The molecule has 3 heterocycles. The van der Waals surface area contributed by atoms with Crippen LogP contribution in [0.4, 0.5) is 5.69 Å². The summed E-state index contributed by atoms with van der Waals surface area (Å²) in [6, 6.07) is 10.7. The molecule has 3 N–H and O–H groups in total. The van der Waals surface area contributed by atoms with Crippen LogP contribution in [0.1, 0.15) is 11.5 Å². The van der Waals surface area contributed by atoms with Crippen LogP contribution in [-0.2, 0) is 6.42 Å². The molecule has 0 aliphatic rings. The fourth-order valence-corrected chi connectivity index (χ4v) is 2.30. The lowest BCUT2D eigenvalue weighted by Crippen LogP contribution is -2.19. The second-order valence-electron chi connectivity index (χ2n) is 5.04. The number of nitrogen functional groups attached to an aromatic ring is 1. The van der Waals surface area contributed by atoms with E-state index in [1.165, 1.54) is 4.52 Å². The third-order valence-electron chi connectivity index (χ3n) is 3.44. The number of nitrogens with two attached hydrogens (primary N) is 1.